The van der Waals surface area contributed by atoms with Gasteiger partial charge in [-0.15, -0.1) is 0 Å². The average molecular weight is 524 g/mol. The third-order valence-corrected chi connectivity index (χ3v) is 7.56. The van der Waals surface area contributed by atoms with Crippen LogP contribution in [-0.2, 0) is 18.4 Å². The Morgan fingerprint density at radius 1 is 1.29 bits per heavy atom. The number of aromatic nitrogens is 3. The molecular weight excluding hydrogens is 489 g/mol. The standard InChI is InChI=1S/C27H34FN7O3/c1-6-18-14-35(22-12-24(37)32(5)23-15-33(11-10-29)31-26(22)23)19(7-2)13-34(18)16(3)20-8-9-21(30-17(4)36)27(38)25(20)28/h8-9,12,15-16,18-19,38H,6-7,11,13-14H2,1-5H3,(H,30,36)/t16-,18+,19-/m0/s1. The van der Waals surface area contributed by atoms with Crippen LogP contribution in [0.1, 0.15) is 52.1 Å². The summed E-state index contributed by atoms with van der Waals surface area (Å²) < 4.78 is 18.4. The number of hydrogen-bond donors (Lipinski definition) is 2. The van der Waals surface area contributed by atoms with Crippen LogP contribution in [0.25, 0.3) is 11.0 Å². The van der Waals surface area contributed by atoms with E-state index in [0.717, 1.165) is 18.5 Å². The molecule has 1 aliphatic heterocycles. The number of rotatable bonds is 7. The third-order valence-electron chi connectivity index (χ3n) is 7.56. The van der Waals surface area contributed by atoms with Gasteiger partial charge in [-0.3, -0.25) is 19.2 Å². The summed E-state index contributed by atoms with van der Waals surface area (Å²) in [5.41, 5.74) is 2.31. The number of carbonyl (C=O) groups excluding carboxylic acids is 1. The highest BCUT2D eigenvalue weighted by molar-refractivity contribution is 5.90. The molecule has 202 valence electrons. The number of anilines is 2. The molecule has 11 heteroatoms. The fourth-order valence-electron chi connectivity index (χ4n) is 5.44. The average Bonchev–Trinajstić information content (AvgIpc) is 3.32. The third kappa shape index (κ3) is 4.84. The zero-order chi connectivity index (χ0) is 27.7. The number of nitrogens with zero attached hydrogens (tertiary/aromatic N) is 6. The number of pyridine rings is 1. The number of benzene rings is 1. The first-order valence-corrected chi connectivity index (χ1v) is 12.9. The van der Waals surface area contributed by atoms with E-state index >= 15 is 4.39 Å². The Labute approximate surface area is 220 Å². The van der Waals surface area contributed by atoms with E-state index in [1.54, 1.807) is 30.1 Å². The molecule has 0 spiro atoms. The molecule has 0 aliphatic carbocycles. The number of fused-ring (bicyclic) bond motifs is 1. The van der Waals surface area contributed by atoms with Crippen molar-refractivity contribution in [2.24, 2.45) is 7.05 Å². The van der Waals surface area contributed by atoms with E-state index in [1.807, 2.05) is 6.92 Å². The molecule has 10 nitrogen and oxygen atoms in total. The molecule has 2 N–H and O–H groups in total. The minimum atomic E-state index is -0.745. The van der Waals surface area contributed by atoms with Crippen molar-refractivity contribution in [2.75, 3.05) is 23.3 Å². The van der Waals surface area contributed by atoms with Gasteiger partial charge in [-0.25, -0.2) is 4.39 Å². The number of halogens is 1. The molecule has 1 aliphatic rings. The van der Waals surface area contributed by atoms with E-state index in [9.17, 15) is 14.7 Å². The van der Waals surface area contributed by atoms with Gasteiger partial charge in [-0.05, 0) is 25.8 Å². The van der Waals surface area contributed by atoms with Gasteiger partial charge >= 0.3 is 0 Å². The van der Waals surface area contributed by atoms with Crippen molar-refractivity contribution in [1.82, 2.24) is 19.2 Å². The molecule has 3 atom stereocenters. The molecule has 38 heavy (non-hydrogen) atoms. The Bertz CT molecular complexity index is 1460. The van der Waals surface area contributed by atoms with Crippen LogP contribution in [0, 0.1) is 17.1 Å². The van der Waals surface area contributed by atoms with Gasteiger partial charge in [0, 0.05) is 56.8 Å². The second-order valence-corrected chi connectivity index (χ2v) is 9.84. The van der Waals surface area contributed by atoms with E-state index in [2.05, 4.69) is 40.1 Å². The highest BCUT2D eigenvalue weighted by Crippen LogP contribution is 2.38. The minimum Gasteiger partial charge on any atom is -0.503 e. The van der Waals surface area contributed by atoms with Gasteiger partial charge in [0.05, 0.1) is 29.2 Å². The van der Waals surface area contributed by atoms with Crippen molar-refractivity contribution in [3.8, 4) is 11.8 Å². The monoisotopic (exact) mass is 523 g/mol. The summed E-state index contributed by atoms with van der Waals surface area (Å²) >= 11 is 0. The van der Waals surface area contributed by atoms with Crippen LogP contribution in [0.15, 0.2) is 29.2 Å². The van der Waals surface area contributed by atoms with Gasteiger partial charge in [0.1, 0.15) is 12.1 Å². The van der Waals surface area contributed by atoms with Crippen molar-refractivity contribution in [3.63, 3.8) is 0 Å². The highest BCUT2D eigenvalue weighted by Gasteiger charge is 2.37. The molecule has 3 heterocycles. The van der Waals surface area contributed by atoms with Gasteiger partial charge in [-0.1, -0.05) is 19.9 Å². The molecule has 0 bridgehead atoms. The summed E-state index contributed by atoms with van der Waals surface area (Å²) in [4.78, 5) is 28.7. The second kappa shape index (κ2) is 10.8. The van der Waals surface area contributed by atoms with E-state index < -0.39 is 17.5 Å². The van der Waals surface area contributed by atoms with Crippen molar-refractivity contribution >= 4 is 28.3 Å². The number of nitriles is 1. The van der Waals surface area contributed by atoms with Crippen molar-refractivity contribution < 1.29 is 14.3 Å². The Kier molecular flexibility index (Phi) is 7.73. The zero-order valence-corrected chi connectivity index (χ0v) is 22.4. The number of piperazine rings is 1. The lowest BCUT2D eigenvalue weighted by Crippen LogP contribution is -2.59. The molecule has 4 rings (SSSR count). The molecule has 1 aromatic carbocycles. The number of nitrogens with one attached hydrogen (secondary N) is 1. The number of amides is 1. The first kappa shape index (κ1) is 27.1. The van der Waals surface area contributed by atoms with Crippen molar-refractivity contribution in [1.29, 1.82) is 5.26 Å². The molecule has 2 aromatic heterocycles. The molecular formula is C27H34FN7O3. The number of phenolic OH excluding ortho intramolecular Hbond substituents is 1. The number of phenols is 1. The Morgan fingerprint density at radius 3 is 2.63 bits per heavy atom. The summed E-state index contributed by atoms with van der Waals surface area (Å²) in [6, 6.07) is 6.55. The molecule has 0 unspecified atom stereocenters. The smallest absolute Gasteiger partial charge is 0.252 e. The highest BCUT2D eigenvalue weighted by atomic mass is 19.1. The first-order valence-electron chi connectivity index (χ1n) is 12.9. The maximum absolute atomic E-state index is 15.3. The van der Waals surface area contributed by atoms with E-state index in [0.29, 0.717) is 29.7 Å². The quantitative estimate of drug-likeness (QED) is 0.455. The zero-order valence-electron chi connectivity index (χ0n) is 22.4. The molecule has 1 fully saturated rings. The number of aromatic hydroxyl groups is 1. The second-order valence-electron chi connectivity index (χ2n) is 9.84. The summed E-state index contributed by atoms with van der Waals surface area (Å²) in [6.45, 7) is 8.67. The number of carbonyl (C=O) groups is 1. The van der Waals surface area contributed by atoms with Gasteiger partial charge in [0.15, 0.2) is 11.6 Å². The van der Waals surface area contributed by atoms with Crippen LogP contribution < -0.4 is 15.8 Å². The topological polar surface area (TPSA) is 119 Å². The van der Waals surface area contributed by atoms with Gasteiger partial charge in [-0.2, -0.15) is 10.4 Å². The first-order chi connectivity index (χ1) is 18.1. The van der Waals surface area contributed by atoms with Crippen LogP contribution >= 0.6 is 0 Å². The molecule has 0 saturated carbocycles. The Balaban J connectivity index is 1.70. The largest absolute Gasteiger partial charge is 0.503 e. The minimum absolute atomic E-state index is 0.0204. The molecule has 0 radical (unpaired) electrons. The Hall–Kier alpha value is -3.91. The van der Waals surface area contributed by atoms with Crippen LogP contribution in [0.5, 0.6) is 5.75 Å². The van der Waals surface area contributed by atoms with E-state index in [1.165, 1.54) is 17.6 Å². The van der Waals surface area contributed by atoms with Crippen molar-refractivity contribution in [3.05, 3.63) is 46.1 Å². The maximum atomic E-state index is 15.3. The molecule has 3 aromatic rings. The maximum Gasteiger partial charge on any atom is 0.252 e. The normalized spacial score (nSPS) is 18.9. The van der Waals surface area contributed by atoms with E-state index in [-0.39, 0.29) is 35.9 Å². The van der Waals surface area contributed by atoms with E-state index in [4.69, 9.17) is 5.26 Å². The summed E-state index contributed by atoms with van der Waals surface area (Å²) in [5, 5.41) is 26.6. The number of aryl methyl sites for hydroxylation is 1. The molecule has 1 saturated heterocycles. The van der Waals surface area contributed by atoms with Gasteiger partial charge in [0.2, 0.25) is 5.91 Å². The lowest BCUT2D eigenvalue weighted by molar-refractivity contribution is -0.114. The Morgan fingerprint density at radius 2 is 2.00 bits per heavy atom. The predicted molar refractivity (Wildman–Crippen MR) is 144 cm³/mol. The predicted octanol–water partition coefficient (Wildman–Crippen LogP) is 3.50. The van der Waals surface area contributed by atoms with Gasteiger partial charge in [0.25, 0.3) is 5.56 Å². The fraction of sp³-hybridized carbons (Fsp3) is 0.481. The van der Waals surface area contributed by atoms with Crippen molar-refractivity contribution in [2.45, 2.75) is 65.2 Å². The lowest BCUT2D eigenvalue weighted by atomic mass is 9.96. The summed E-state index contributed by atoms with van der Waals surface area (Å²) in [6.07, 6.45) is 3.29. The van der Waals surface area contributed by atoms with Crippen LogP contribution in [0.3, 0.4) is 0 Å². The summed E-state index contributed by atoms with van der Waals surface area (Å²) in [5.74, 6) is -1.71. The summed E-state index contributed by atoms with van der Waals surface area (Å²) in [7, 11) is 1.69. The van der Waals surface area contributed by atoms with Gasteiger partial charge < -0.3 is 19.9 Å². The fourth-order valence-corrected chi connectivity index (χ4v) is 5.44. The van der Waals surface area contributed by atoms with Crippen LogP contribution in [-0.4, -0.2) is 55.4 Å². The molecule has 1 amide bonds. The van der Waals surface area contributed by atoms with Crippen LogP contribution in [0.4, 0.5) is 15.8 Å². The lowest BCUT2D eigenvalue weighted by Gasteiger charge is -2.49. The number of hydrogen-bond acceptors (Lipinski definition) is 7. The SMILES string of the molecule is CC[C@H]1CN([C@@H](C)c2ccc(NC(C)=O)c(O)c2F)[C@H](CC)CN1c1cc(=O)n(C)c2cn(CC#N)nc12. The van der Waals surface area contributed by atoms with Crippen LogP contribution in [0.2, 0.25) is 0 Å².